The molecule has 0 radical (unpaired) electrons. The Bertz CT molecular complexity index is 665. The molecule has 1 aliphatic heterocycles. The molecule has 124 valence electrons. The quantitative estimate of drug-likeness (QED) is 0.907. The van der Waals surface area contributed by atoms with Gasteiger partial charge in [-0.2, -0.15) is 5.10 Å². The second-order valence-electron chi connectivity index (χ2n) is 6.15. The molecule has 0 aromatic carbocycles. The lowest BCUT2D eigenvalue weighted by Gasteiger charge is -2.32. The highest BCUT2D eigenvalue weighted by Gasteiger charge is 2.22. The number of aryl methyl sites for hydroxylation is 2. The van der Waals surface area contributed by atoms with Crippen molar-refractivity contribution in [3.05, 3.63) is 34.0 Å². The molecule has 0 spiro atoms. The predicted octanol–water partition coefficient (Wildman–Crippen LogP) is 1.83. The fourth-order valence-electron chi connectivity index (χ4n) is 3.07. The maximum absolute atomic E-state index is 12.2. The van der Waals surface area contributed by atoms with Crippen LogP contribution in [-0.2, 0) is 13.6 Å². The summed E-state index contributed by atoms with van der Waals surface area (Å²) in [6, 6.07) is 1.75. The zero-order valence-electron chi connectivity index (χ0n) is 13.7. The second-order valence-corrected chi connectivity index (χ2v) is 7.09. The number of hydrogen-bond donors (Lipinski definition) is 1. The van der Waals surface area contributed by atoms with Gasteiger partial charge in [-0.15, -0.1) is 11.3 Å². The third kappa shape index (κ3) is 3.97. The third-order valence-electron chi connectivity index (χ3n) is 4.42. The maximum Gasteiger partial charge on any atom is 0.269 e. The Hall–Kier alpha value is -1.73. The van der Waals surface area contributed by atoms with Gasteiger partial charge in [-0.1, -0.05) is 0 Å². The largest absolute Gasteiger partial charge is 0.350 e. The molecule has 0 bridgehead atoms. The molecule has 1 unspecified atom stereocenters. The Morgan fingerprint density at radius 1 is 1.52 bits per heavy atom. The van der Waals surface area contributed by atoms with Crippen LogP contribution in [0.3, 0.4) is 0 Å². The topological polar surface area (TPSA) is 63.1 Å². The first-order valence-electron chi connectivity index (χ1n) is 8.01. The lowest BCUT2D eigenvalue weighted by atomic mass is 9.98. The van der Waals surface area contributed by atoms with E-state index in [4.69, 9.17) is 0 Å². The lowest BCUT2D eigenvalue weighted by Crippen LogP contribution is -2.40. The van der Waals surface area contributed by atoms with Gasteiger partial charge in [0.25, 0.3) is 5.91 Å². The predicted molar refractivity (Wildman–Crippen MR) is 90.4 cm³/mol. The molecule has 7 heteroatoms. The van der Waals surface area contributed by atoms with Gasteiger partial charge in [0.2, 0.25) is 0 Å². The monoisotopic (exact) mass is 333 g/mol. The highest BCUT2D eigenvalue weighted by Crippen LogP contribution is 2.21. The summed E-state index contributed by atoms with van der Waals surface area (Å²) in [6.45, 7) is 5.93. The summed E-state index contributed by atoms with van der Waals surface area (Å²) in [7, 11) is 1.79. The normalized spacial score (nSPS) is 19.0. The lowest BCUT2D eigenvalue weighted by molar-refractivity contribution is 0.0921. The molecule has 1 aliphatic rings. The van der Waals surface area contributed by atoms with Crippen molar-refractivity contribution in [1.82, 2.24) is 25.0 Å². The van der Waals surface area contributed by atoms with Gasteiger partial charge >= 0.3 is 0 Å². The van der Waals surface area contributed by atoms with Crippen LogP contribution in [0.2, 0.25) is 0 Å². The summed E-state index contributed by atoms with van der Waals surface area (Å²) in [5.74, 6) is 0.467. The minimum absolute atomic E-state index is 0.0413. The molecule has 1 fully saturated rings. The summed E-state index contributed by atoms with van der Waals surface area (Å²) < 4.78 is 1.61. The highest BCUT2D eigenvalue weighted by atomic mass is 32.1. The number of carbonyl (C=O) groups is 1. The number of rotatable bonds is 5. The van der Waals surface area contributed by atoms with Gasteiger partial charge in [0.15, 0.2) is 0 Å². The third-order valence-corrected chi connectivity index (χ3v) is 5.34. The van der Waals surface area contributed by atoms with Crippen LogP contribution < -0.4 is 5.32 Å². The van der Waals surface area contributed by atoms with Crippen LogP contribution in [0, 0.1) is 12.8 Å². The zero-order chi connectivity index (χ0) is 16.2. The fourth-order valence-corrected chi connectivity index (χ4v) is 3.89. The van der Waals surface area contributed by atoms with Gasteiger partial charge in [-0.25, -0.2) is 4.98 Å². The molecule has 1 amide bonds. The Labute approximate surface area is 140 Å². The molecule has 0 saturated carbocycles. The van der Waals surface area contributed by atoms with Gasteiger partial charge in [0.05, 0.1) is 11.2 Å². The molecule has 1 atom stereocenters. The first-order valence-corrected chi connectivity index (χ1v) is 8.89. The van der Waals surface area contributed by atoms with E-state index in [-0.39, 0.29) is 5.91 Å². The Morgan fingerprint density at radius 2 is 2.39 bits per heavy atom. The van der Waals surface area contributed by atoms with Crippen molar-refractivity contribution in [2.75, 3.05) is 19.6 Å². The molecular formula is C16H23N5OS. The van der Waals surface area contributed by atoms with E-state index in [2.05, 4.69) is 27.2 Å². The molecule has 23 heavy (non-hydrogen) atoms. The average Bonchev–Trinajstić information content (AvgIpc) is 3.14. The summed E-state index contributed by atoms with van der Waals surface area (Å²) in [6.07, 6.45) is 4.00. The average molecular weight is 333 g/mol. The summed E-state index contributed by atoms with van der Waals surface area (Å²) in [5, 5.41) is 7.09. The van der Waals surface area contributed by atoms with Crippen LogP contribution in [-0.4, -0.2) is 45.2 Å². The van der Waals surface area contributed by atoms with E-state index in [9.17, 15) is 4.79 Å². The molecule has 0 aliphatic carbocycles. The van der Waals surface area contributed by atoms with Gasteiger partial charge in [0, 0.05) is 37.8 Å². The number of amides is 1. The molecule has 1 N–H and O–H groups in total. The second kappa shape index (κ2) is 7.23. The Balaban J connectivity index is 1.50. The summed E-state index contributed by atoms with van der Waals surface area (Å²) in [4.78, 5) is 20.3. The van der Waals surface area contributed by atoms with Crippen molar-refractivity contribution in [3.8, 4) is 0 Å². The molecule has 2 aromatic rings. The van der Waals surface area contributed by atoms with Crippen LogP contribution in [0.25, 0.3) is 0 Å². The number of piperidine rings is 1. The maximum atomic E-state index is 12.2. The van der Waals surface area contributed by atoms with E-state index in [1.54, 1.807) is 35.3 Å². The SMILES string of the molecule is Cc1ncsc1CN1CCCC(CNC(=O)c2ccnn2C)C1. The standard InChI is InChI=1S/C16H23N5OS/c1-12-15(23-11-18-12)10-21-7-3-4-13(9-21)8-17-16(22)14-5-6-19-20(14)2/h5-6,11,13H,3-4,7-10H2,1-2H3,(H,17,22). The minimum atomic E-state index is -0.0413. The smallest absolute Gasteiger partial charge is 0.269 e. The molecule has 3 heterocycles. The van der Waals surface area contributed by atoms with Gasteiger partial charge < -0.3 is 5.32 Å². The van der Waals surface area contributed by atoms with Crippen molar-refractivity contribution >= 4 is 17.2 Å². The van der Waals surface area contributed by atoms with E-state index >= 15 is 0 Å². The van der Waals surface area contributed by atoms with Gasteiger partial charge in [-0.3, -0.25) is 14.4 Å². The number of nitrogens with zero attached hydrogens (tertiary/aromatic N) is 4. The number of aromatic nitrogens is 3. The van der Waals surface area contributed by atoms with Crippen LogP contribution in [0.5, 0.6) is 0 Å². The Morgan fingerprint density at radius 3 is 3.09 bits per heavy atom. The van der Waals surface area contributed by atoms with Gasteiger partial charge in [-0.05, 0) is 38.3 Å². The van der Waals surface area contributed by atoms with Crippen LogP contribution in [0.1, 0.15) is 33.9 Å². The zero-order valence-corrected chi connectivity index (χ0v) is 14.5. The number of likely N-dealkylation sites (tertiary alicyclic amines) is 1. The molecule has 3 rings (SSSR count). The number of nitrogens with one attached hydrogen (secondary N) is 1. The van der Waals surface area contributed by atoms with E-state index < -0.39 is 0 Å². The van der Waals surface area contributed by atoms with Crippen molar-refractivity contribution in [2.24, 2.45) is 13.0 Å². The summed E-state index contributed by atoms with van der Waals surface area (Å²) in [5.41, 5.74) is 3.67. The van der Waals surface area contributed by atoms with Crippen molar-refractivity contribution in [3.63, 3.8) is 0 Å². The van der Waals surface area contributed by atoms with Crippen molar-refractivity contribution in [2.45, 2.75) is 26.3 Å². The van der Waals surface area contributed by atoms with Gasteiger partial charge in [0.1, 0.15) is 5.69 Å². The summed E-state index contributed by atoms with van der Waals surface area (Å²) >= 11 is 1.73. The van der Waals surface area contributed by atoms with E-state index in [0.29, 0.717) is 11.6 Å². The minimum Gasteiger partial charge on any atom is -0.350 e. The molecule has 6 nitrogen and oxygen atoms in total. The van der Waals surface area contributed by atoms with Crippen LogP contribution in [0.4, 0.5) is 0 Å². The number of hydrogen-bond acceptors (Lipinski definition) is 5. The van der Waals surface area contributed by atoms with E-state index in [1.807, 2.05) is 5.51 Å². The first-order chi connectivity index (χ1) is 11.1. The van der Waals surface area contributed by atoms with Crippen molar-refractivity contribution in [1.29, 1.82) is 0 Å². The highest BCUT2D eigenvalue weighted by molar-refractivity contribution is 7.09. The van der Waals surface area contributed by atoms with Crippen molar-refractivity contribution < 1.29 is 4.79 Å². The Kier molecular flexibility index (Phi) is 5.07. The molecule has 2 aromatic heterocycles. The number of thiazole rings is 1. The van der Waals surface area contributed by atoms with Crippen LogP contribution in [0.15, 0.2) is 17.8 Å². The van der Waals surface area contributed by atoms with Crippen LogP contribution >= 0.6 is 11.3 Å². The van der Waals surface area contributed by atoms with E-state index in [1.165, 1.54) is 17.7 Å². The fraction of sp³-hybridized carbons (Fsp3) is 0.562. The first kappa shape index (κ1) is 16.1. The molecule has 1 saturated heterocycles. The molecular weight excluding hydrogens is 310 g/mol. The number of carbonyl (C=O) groups excluding carboxylic acids is 1. The van der Waals surface area contributed by atoms with E-state index in [0.717, 1.165) is 31.9 Å².